The molecule has 0 unspecified atom stereocenters. The minimum Gasteiger partial charge on any atom is -0.392 e. The van der Waals surface area contributed by atoms with Gasteiger partial charge in [0.1, 0.15) is 0 Å². The maximum Gasteiger partial charge on any atom is 0.240 e. The number of hydrogen-bond acceptors (Lipinski definition) is 4. The standard InChI is InChI=1S/C14H22BrNO4S/c1-3-4-6-20-7-5-16-21(18,19)14-9-12(10-17)8-13(15)11(14)2/h8-9,16-17H,3-7,10H2,1-2H3. The molecule has 0 aliphatic carbocycles. The van der Waals surface area contributed by atoms with Gasteiger partial charge in [-0.3, -0.25) is 0 Å². The first-order valence-electron chi connectivity index (χ1n) is 6.89. The molecule has 0 fully saturated rings. The second-order valence-corrected chi connectivity index (χ2v) is 7.31. The van der Waals surface area contributed by atoms with E-state index in [1.165, 1.54) is 6.07 Å². The van der Waals surface area contributed by atoms with E-state index < -0.39 is 10.0 Å². The molecular weight excluding hydrogens is 358 g/mol. The molecule has 1 rings (SSSR count). The number of ether oxygens (including phenoxy) is 1. The van der Waals surface area contributed by atoms with E-state index in [4.69, 9.17) is 4.74 Å². The maximum absolute atomic E-state index is 12.3. The molecule has 21 heavy (non-hydrogen) atoms. The van der Waals surface area contributed by atoms with Crippen molar-refractivity contribution in [3.8, 4) is 0 Å². The topological polar surface area (TPSA) is 75.6 Å². The summed E-state index contributed by atoms with van der Waals surface area (Å²) in [7, 11) is -3.61. The summed E-state index contributed by atoms with van der Waals surface area (Å²) in [6.45, 7) is 4.80. The Morgan fingerprint density at radius 3 is 2.67 bits per heavy atom. The molecule has 2 N–H and O–H groups in total. The van der Waals surface area contributed by atoms with E-state index in [-0.39, 0.29) is 18.0 Å². The zero-order valence-electron chi connectivity index (χ0n) is 12.4. The lowest BCUT2D eigenvalue weighted by Crippen LogP contribution is -2.28. The lowest BCUT2D eigenvalue weighted by Gasteiger charge is -2.12. The molecule has 0 saturated carbocycles. The minimum atomic E-state index is -3.61. The van der Waals surface area contributed by atoms with E-state index in [1.54, 1.807) is 13.0 Å². The molecule has 0 atom stereocenters. The summed E-state index contributed by atoms with van der Waals surface area (Å²) >= 11 is 3.31. The highest BCUT2D eigenvalue weighted by atomic mass is 79.9. The van der Waals surface area contributed by atoms with Crippen molar-refractivity contribution in [1.82, 2.24) is 4.72 Å². The Morgan fingerprint density at radius 2 is 2.05 bits per heavy atom. The molecule has 0 bridgehead atoms. The fourth-order valence-electron chi connectivity index (χ4n) is 1.75. The molecule has 0 aromatic heterocycles. The molecule has 0 saturated heterocycles. The van der Waals surface area contributed by atoms with E-state index >= 15 is 0 Å². The fourth-order valence-corrected chi connectivity index (χ4v) is 3.72. The predicted molar refractivity (Wildman–Crippen MR) is 85.7 cm³/mol. The lowest BCUT2D eigenvalue weighted by molar-refractivity contribution is 0.136. The summed E-state index contributed by atoms with van der Waals surface area (Å²) in [6, 6.07) is 3.20. The molecule has 0 aliphatic heterocycles. The number of unbranched alkanes of at least 4 members (excludes halogenated alkanes) is 1. The average Bonchev–Trinajstić information content (AvgIpc) is 2.45. The fraction of sp³-hybridized carbons (Fsp3) is 0.571. The van der Waals surface area contributed by atoms with Crippen molar-refractivity contribution in [3.05, 3.63) is 27.7 Å². The van der Waals surface area contributed by atoms with Crippen LogP contribution in [0.15, 0.2) is 21.5 Å². The summed E-state index contributed by atoms with van der Waals surface area (Å²) in [4.78, 5) is 0.175. The van der Waals surface area contributed by atoms with Gasteiger partial charge in [0.2, 0.25) is 10.0 Å². The number of hydrogen-bond donors (Lipinski definition) is 2. The van der Waals surface area contributed by atoms with Crippen molar-refractivity contribution in [3.63, 3.8) is 0 Å². The van der Waals surface area contributed by atoms with Gasteiger partial charge >= 0.3 is 0 Å². The van der Waals surface area contributed by atoms with Crippen molar-refractivity contribution < 1.29 is 18.3 Å². The van der Waals surface area contributed by atoms with Crippen LogP contribution in [0.1, 0.15) is 30.9 Å². The Hall–Kier alpha value is -0.470. The molecule has 1 aromatic carbocycles. The number of aliphatic hydroxyl groups excluding tert-OH is 1. The van der Waals surface area contributed by atoms with Gasteiger partial charge in [-0.1, -0.05) is 29.3 Å². The van der Waals surface area contributed by atoms with Crippen LogP contribution in [0.25, 0.3) is 0 Å². The second-order valence-electron chi connectivity index (χ2n) is 4.72. The lowest BCUT2D eigenvalue weighted by atomic mass is 10.2. The molecule has 0 spiro atoms. The van der Waals surface area contributed by atoms with Crippen LogP contribution in [-0.4, -0.2) is 33.3 Å². The third-order valence-corrected chi connectivity index (χ3v) is 5.42. The highest BCUT2D eigenvalue weighted by Gasteiger charge is 2.18. The summed E-state index contributed by atoms with van der Waals surface area (Å²) in [5, 5.41) is 9.18. The van der Waals surface area contributed by atoms with E-state index in [2.05, 4.69) is 27.6 Å². The quantitative estimate of drug-likeness (QED) is 0.645. The summed E-state index contributed by atoms with van der Waals surface area (Å²) in [6.07, 6.45) is 2.02. The van der Waals surface area contributed by atoms with E-state index in [1.807, 2.05) is 0 Å². The van der Waals surface area contributed by atoms with Crippen LogP contribution in [0.5, 0.6) is 0 Å². The zero-order valence-corrected chi connectivity index (χ0v) is 14.8. The van der Waals surface area contributed by atoms with Gasteiger partial charge in [-0.2, -0.15) is 0 Å². The van der Waals surface area contributed by atoms with Crippen LogP contribution >= 0.6 is 15.9 Å². The number of nitrogens with one attached hydrogen (secondary N) is 1. The largest absolute Gasteiger partial charge is 0.392 e. The third-order valence-electron chi connectivity index (χ3n) is 3.01. The van der Waals surface area contributed by atoms with E-state index in [0.29, 0.717) is 28.8 Å². The number of rotatable bonds is 9. The van der Waals surface area contributed by atoms with Crippen molar-refractivity contribution in [2.75, 3.05) is 19.8 Å². The molecule has 5 nitrogen and oxygen atoms in total. The molecule has 0 radical (unpaired) electrons. The SMILES string of the molecule is CCCCOCCNS(=O)(=O)c1cc(CO)cc(Br)c1C. The van der Waals surface area contributed by atoms with E-state index in [9.17, 15) is 13.5 Å². The highest BCUT2D eigenvalue weighted by Crippen LogP contribution is 2.25. The third kappa shape index (κ3) is 5.67. The van der Waals surface area contributed by atoms with Crippen molar-refractivity contribution >= 4 is 26.0 Å². The Balaban J connectivity index is 2.72. The first kappa shape index (κ1) is 18.6. The Kier molecular flexibility index (Phi) is 7.83. The van der Waals surface area contributed by atoms with Crippen molar-refractivity contribution in [2.24, 2.45) is 0 Å². The number of sulfonamides is 1. The van der Waals surface area contributed by atoms with Gasteiger partial charge in [0.05, 0.1) is 18.1 Å². The molecule has 120 valence electrons. The van der Waals surface area contributed by atoms with Crippen molar-refractivity contribution in [1.29, 1.82) is 0 Å². The monoisotopic (exact) mass is 379 g/mol. The maximum atomic E-state index is 12.3. The number of benzene rings is 1. The highest BCUT2D eigenvalue weighted by molar-refractivity contribution is 9.10. The average molecular weight is 380 g/mol. The van der Waals surface area contributed by atoms with Crippen LogP contribution in [0.2, 0.25) is 0 Å². The van der Waals surface area contributed by atoms with E-state index in [0.717, 1.165) is 12.8 Å². The minimum absolute atomic E-state index is 0.175. The normalized spacial score (nSPS) is 11.8. The van der Waals surface area contributed by atoms with Crippen LogP contribution in [0.4, 0.5) is 0 Å². The van der Waals surface area contributed by atoms with Crippen LogP contribution in [-0.2, 0) is 21.4 Å². The number of aliphatic hydroxyl groups is 1. The van der Waals surface area contributed by atoms with Gasteiger partial charge in [-0.25, -0.2) is 13.1 Å². The Labute approximate surface area is 134 Å². The second kappa shape index (κ2) is 8.85. The van der Waals surface area contributed by atoms with Gasteiger partial charge in [-0.15, -0.1) is 0 Å². The smallest absolute Gasteiger partial charge is 0.240 e. The van der Waals surface area contributed by atoms with Gasteiger partial charge < -0.3 is 9.84 Å². The first-order chi connectivity index (χ1) is 9.92. The molecule has 7 heteroatoms. The zero-order chi connectivity index (χ0) is 15.9. The van der Waals surface area contributed by atoms with Crippen molar-refractivity contribution in [2.45, 2.75) is 38.2 Å². The van der Waals surface area contributed by atoms with Crippen LogP contribution in [0.3, 0.4) is 0 Å². The van der Waals surface area contributed by atoms with Gasteiger partial charge in [0.15, 0.2) is 0 Å². The Bertz CT molecular complexity index is 560. The summed E-state index contributed by atoms with van der Waals surface area (Å²) < 4.78 is 33.1. The Morgan fingerprint density at radius 1 is 1.33 bits per heavy atom. The first-order valence-corrected chi connectivity index (χ1v) is 9.17. The predicted octanol–water partition coefficient (Wildman–Crippen LogP) is 2.34. The molecule has 0 amide bonds. The van der Waals surface area contributed by atoms with Crippen LogP contribution < -0.4 is 4.72 Å². The van der Waals surface area contributed by atoms with Gasteiger partial charge in [0.25, 0.3) is 0 Å². The molecule has 0 heterocycles. The molecule has 0 aliphatic rings. The van der Waals surface area contributed by atoms with Crippen LogP contribution in [0, 0.1) is 6.92 Å². The van der Waals surface area contributed by atoms with Gasteiger partial charge in [-0.05, 0) is 36.6 Å². The summed E-state index contributed by atoms with van der Waals surface area (Å²) in [5.41, 5.74) is 1.17. The molecular formula is C14H22BrNO4S. The summed E-state index contributed by atoms with van der Waals surface area (Å²) in [5.74, 6) is 0. The number of halogens is 1. The molecule has 1 aromatic rings. The van der Waals surface area contributed by atoms with Gasteiger partial charge in [0, 0.05) is 17.6 Å².